The van der Waals surface area contributed by atoms with Crippen molar-refractivity contribution in [1.29, 1.82) is 0 Å². The van der Waals surface area contributed by atoms with E-state index < -0.39 is 0 Å². The maximum atomic E-state index is 11.4. The number of hydrogen-bond donors (Lipinski definition) is 2. The summed E-state index contributed by atoms with van der Waals surface area (Å²) >= 11 is 0. The molecule has 0 unspecified atom stereocenters. The average Bonchev–Trinajstić information content (AvgIpc) is 2.44. The molecule has 14 heavy (non-hydrogen) atoms. The third-order valence-corrected chi connectivity index (χ3v) is 2.24. The van der Waals surface area contributed by atoms with E-state index in [0.29, 0.717) is 23.9 Å². The van der Waals surface area contributed by atoms with Crippen molar-refractivity contribution in [3.63, 3.8) is 0 Å². The molecule has 1 aliphatic heterocycles. The van der Waals surface area contributed by atoms with E-state index in [1.165, 1.54) is 0 Å². The van der Waals surface area contributed by atoms with Gasteiger partial charge in [0.15, 0.2) is 5.82 Å². The number of carbonyl (C=O) groups excluding carboxylic acids is 1. The molecule has 2 heterocycles. The Balaban J connectivity index is 1.81. The fourth-order valence-electron chi connectivity index (χ4n) is 1.37. The Kier molecular flexibility index (Phi) is 2.49. The summed E-state index contributed by atoms with van der Waals surface area (Å²) in [6.07, 6.45) is 0.554. The molecule has 5 heteroatoms. The Morgan fingerprint density at radius 3 is 3.07 bits per heavy atom. The first-order chi connectivity index (χ1) is 6.74. The number of nitrogens with one attached hydrogen (secondary N) is 2. The largest absolute Gasteiger partial charge is 0.360 e. The summed E-state index contributed by atoms with van der Waals surface area (Å²) in [6.45, 7) is 3.66. The van der Waals surface area contributed by atoms with Gasteiger partial charge in [0.2, 0.25) is 5.91 Å². The van der Waals surface area contributed by atoms with Crippen LogP contribution in [-0.2, 0) is 4.79 Å². The maximum Gasteiger partial charge on any atom is 0.225 e. The fraction of sp³-hybridized carbons (Fsp3) is 0.556. The van der Waals surface area contributed by atoms with E-state index in [1.807, 2.05) is 0 Å². The molecule has 0 radical (unpaired) electrons. The minimum atomic E-state index is 0.00444. The molecular weight excluding hydrogens is 182 g/mol. The quantitative estimate of drug-likeness (QED) is 0.738. The van der Waals surface area contributed by atoms with E-state index in [1.54, 1.807) is 13.0 Å². The lowest BCUT2D eigenvalue weighted by Gasteiger charge is -2.25. The van der Waals surface area contributed by atoms with Crippen molar-refractivity contribution in [2.24, 2.45) is 5.92 Å². The maximum absolute atomic E-state index is 11.4. The summed E-state index contributed by atoms with van der Waals surface area (Å²) in [4.78, 5) is 11.4. The molecule has 1 aromatic rings. The smallest absolute Gasteiger partial charge is 0.225 e. The lowest BCUT2D eigenvalue weighted by Crippen LogP contribution is -2.43. The standard InChI is InChI=1S/C9H13N3O2/c1-6-2-8(12-14-6)11-9(13)3-7-4-10-5-7/h2,7,10H,3-5H2,1H3,(H,11,12,13). The van der Waals surface area contributed by atoms with Gasteiger partial charge in [0, 0.05) is 12.5 Å². The predicted octanol–water partition coefficient (Wildman–Crippen LogP) is 0.531. The number of amides is 1. The molecule has 2 N–H and O–H groups in total. The molecule has 0 bridgehead atoms. The number of aryl methyl sites for hydroxylation is 1. The second-order valence-corrected chi connectivity index (χ2v) is 3.60. The van der Waals surface area contributed by atoms with Crippen LogP contribution >= 0.6 is 0 Å². The van der Waals surface area contributed by atoms with Crippen LogP contribution in [-0.4, -0.2) is 24.2 Å². The van der Waals surface area contributed by atoms with E-state index in [2.05, 4.69) is 15.8 Å². The van der Waals surface area contributed by atoms with Gasteiger partial charge in [-0.15, -0.1) is 0 Å². The van der Waals surface area contributed by atoms with E-state index >= 15 is 0 Å². The van der Waals surface area contributed by atoms with Gasteiger partial charge in [-0.2, -0.15) is 0 Å². The van der Waals surface area contributed by atoms with Crippen LogP contribution in [0.3, 0.4) is 0 Å². The lowest BCUT2D eigenvalue weighted by atomic mass is 9.99. The lowest BCUT2D eigenvalue weighted by molar-refractivity contribution is -0.117. The van der Waals surface area contributed by atoms with Crippen molar-refractivity contribution in [2.75, 3.05) is 18.4 Å². The summed E-state index contributed by atoms with van der Waals surface area (Å²) in [5.41, 5.74) is 0. The second kappa shape index (κ2) is 3.79. The van der Waals surface area contributed by atoms with Crippen LogP contribution in [0.5, 0.6) is 0 Å². The molecule has 5 nitrogen and oxygen atoms in total. The summed E-state index contributed by atoms with van der Waals surface area (Å²) in [6, 6.07) is 1.71. The van der Waals surface area contributed by atoms with E-state index in [0.717, 1.165) is 13.1 Å². The van der Waals surface area contributed by atoms with Crippen LogP contribution in [0, 0.1) is 12.8 Å². The van der Waals surface area contributed by atoms with Gasteiger partial charge in [-0.05, 0) is 25.9 Å². The Hall–Kier alpha value is -1.36. The molecule has 76 valence electrons. The molecule has 1 fully saturated rings. The second-order valence-electron chi connectivity index (χ2n) is 3.60. The SMILES string of the molecule is Cc1cc(NC(=O)CC2CNC2)no1. The number of anilines is 1. The van der Waals surface area contributed by atoms with Gasteiger partial charge in [-0.25, -0.2) is 0 Å². The molecular formula is C9H13N3O2. The normalized spacial score (nSPS) is 16.4. The Bertz CT molecular complexity index is 331. The molecule has 0 aliphatic carbocycles. The highest BCUT2D eigenvalue weighted by Crippen LogP contribution is 2.11. The first kappa shape index (κ1) is 9.21. The summed E-state index contributed by atoms with van der Waals surface area (Å²) < 4.78 is 4.83. The van der Waals surface area contributed by atoms with Crippen LogP contribution in [0.1, 0.15) is 12.2 Å². The summed E-state index contributed by atoms with van der Waals surface area (Å²) in [5.74, 6) is 1.68. The van der Waals surface area contributed by atoms with E-state index in [-0.39, 0.29) is 5.91 Å². The monoisotopic (exact) mass is 195 g/mol. The van der Waals surface area contributed by atoms with Crippen molar-refractivity contribution >= 4 is 11.7 Å². The number of rotatable bonds is 3. The summed E-state index contributed by atoms with van der Waals surface area (Å²) in [7, 11) is 0. The molecule has 1 saturated heterocycles. The first-order valence-electron chi connectivity index (χ1n) is 4.68. The Labute approximate surface area is 81.8 Å². The highest BCUT2D eigenvalue weighted by atomic mass is 16.5. The zero-order chi connectivity index (χ0) is 9.97. The zero-order valence-electron chi connectivity index (χ0n) is 8.04. The van der Waals surface area contributed by atoms with Crippen molar-refractivity contribution in [1.82, 2.24) is 10.5 Å². The van der Waals surface area contributed by atoms with Crippen molar-refractivity contribution in [3.05, 3.63) is 11.8 Å². The van der Waals surface area contributed by atoms with Crippen LogP contribution < -0.4 is 10.6 Å². The minimum Gasteiger partial charge on any atom is -0.360 e. The van der Waals surface area contributed by atoms with Crippen LogP contribution in [0.2, 0.25) is 0 Å². The van der Waals surface area contributed by atoms with Gasteiger partial charge in [0.25, 0.3) is 0 Å². The third-order valence-electron chi connectivity index (χ3n) is 2.24. The van der Waals surface area contributed by atoms with Crippen molar-refractivity contribution in [2.45, 2.75) is 13.3 Å². The average molecular weight is 195 g/mol. The van der Waals surface area contributed by atoms with Crippen LogP contribution in [0.15, 0.2) is 10.6 Å². The van der Waals surface area contributed by atoms with Crippen LogP contribution in [0.25, 0.3) is 0 Å². The number of nitrogens with zero attached hydrogens (tertiary/aromatic N) is 1. The Morgan fingerprint density at radius 2 is 2.57 bits per heavy atom. The topological polar surface area (TPSA) is 67.2 Å². The van der Waals surface area contributed by atoms with Gasteiger partial charge in [-0.3, -0.25) is 4.79 Å². The van der Waals surface area contributed by atoms with Crippen molar-refractivity contribution in [3.8, 4) is 0 Å². The number of aromatic nitrogens is 1. The molecule has 1 aromatic heterocycles. The highest BCUT2D eigenvalue weighted by Gasteiger charge is 2.20. The Morgan fingerprint density at radius 1 is 1.79 bits per heavy atom. The molecule has 0 aromatic carbocycles. The molecule has 1 aliphatic rings. The molecule has 0 spiro atoms. The van der Waals surface area contributed by atoms with Gasteiger partial charge < -0.3 is 15.2 Å². The van der Waals surface area contributed by atoms with E-state index in [9.17, 15) is 4.79 Å². The van der Waals surface area contributed by atoms with Gasteiger partial charge in [0.05, 0.1) is 0 Å². The molecule has 0 atom stereocenters. The van der Waals surface area contributed by atoms with Crippen molar-refractivity contribution < 1.29 is 9.32 Å². The van der Waals surface area contributed by atoms with Gasteiger partial charge in [0.1, 0.15) is 5.76 Å². The number of carbonyl (C=O) groups is 1. The summed E-state index contributed by atoms with van der Waals surface area (Å²) in [5, 5.41) is 9.50. The van der Waals surface area contributed by atoms with Gasteiger partial charge in [-0.1, -0.05) is 5.16 Å². The zero-order valence-corrected chi connectivity index (χ0v) is 8.04. The molecule has 2 rings (SSSR count). The predicted molar refractivity (Wildman–Crippen MR) is 50.8 cm³/mol. The molecule has 1 amide bonds. The van der Waals surface area contributed by atoms with E-state index in [4.69, 9.17) is 4.52 Å². The van der Waals surface area contributed by atoms with Gasteiger partial charge >= 0.3 is 0 Å². The third kappa shape index (κ3) is 2.11. The van der Waals surface area contributed by atoms with Crippen LogP contribution in [0.4, 0.5) is 5.82 Å². The minimum absolute atomic E-state index is 0.00444. The first-order valence-corrected chi connectivity index (χ1v) is 4.68. The molecule has 0 saturated carbocycles. The number of hydrogen-bond acceptors (Lipinski definition) is 4. The fourth-order valence-corrected chi connectivity index (χ4v) is 1.37. The highest BCUT2D eigenvalue weighted by molar-refractivity contribution is 5.89.